The molecule has 1 saturated heterocycles. The predicted octanol–water partition coefficient (Wildman–Crippen LogP) is 1.48. The molecule has 3 N–H and O–H groups in total. The molecule has 114 valence electrons. The van der Waals surface area contributed by atoms with Gasteiger partial charge in [-0.15, -0.1) is 0 Å². The topological polar surface area (TPSA) is 102 Å². The fourth-order valence-electron chi connectivity index (χ4n) is 2.77. The highest BCUT2D eigenvalue weighted by atomic mass is 16.6. The molecule has 1 aromatic rings. The largest absolute Gasteiger partial charge is 0.383 e. The maximum atomic E-state index is 11.5. The summed E-state index contributed by atoms with van der Waals surface area (Å²) in [6, 6.07) is 4.81. The van der Waals surface area contributed by atoms with Gasteiger partial charge in [-0.3, -0.25) is 19.8 Å². The number of carbonyl (C=O) groups excluding carboxylic acids is 1. The number of piperidine rings is 1. The van der Waals surface area contributed by atoms with Gasteiger partial charge in [-0.2, -0.15) is 0 Å². The Morgan fingerprint density at radius 3 is 2.90 bits per heavy atom. The molecule has 0 spiro atoms. The van der Waals surface area contributed by atoms with Crippen molar-refractivity contribution in [2.75, 3.05) is 18.9 Å². The monoisotopic (exact) mass is 292 g/mol. The number of carbonyl (C=O) groups is 1. The first kappa shape index (κ1) is 15.2. The number of nitro groups is 1. The SMILES string of the molecule is CNc1ccc(CN2CCCCC2C(N)=O)cc1[N+](=O)[O-]. The van der Waals surface area contributed by atoms with E-state index in [1.54, 1.807) is 19.2 Å². The van der Waals surface area contributed by atoms with Crippen LogP contribution in [0.4, 0.5) is 11.4 Å². The van der Waals surface area contributed by atoms with Gasteiger partial charge in [0.05, 0.1) is 11.0 Å². The van der Waals surface area contributed by atoms with Crippen LogP contribution in [0.5, 0.6) is 0 Å². The number of nitrogens with zero attached hydrogens (tertiary/aromatic N) is 2. The summed E-state index contributed by atoms with van der Waals surface area (Å²) in [6.45, 7) is 1.29. The van der Waals surface area contributed by atoms with Crippen molar-refractivity contribution in [3.63, 3.8) is 0 Å². The summed E-state index contributed by atoms with van der Waals surface area (Å²) in [5.74, 6) is -0.323. The minimum absolute atomic E-state index is 0.0441. The van der Waals surface area contributed by atoms with Crippen LogP contribution in [0.25, 0.3) is 0 Å². The van der Waals surface area contributed by atoms with Crippen LogP contribution in [0, 0.1) is 10.1 Å². The zero-order valence-corrected chi connectivity index (χ0v) is 12.0. The van der Waals surface area contributed by atoms with E-state index in [1.807, 2.05) is 11.0 Å². The molecule has 7 nitrogen and oxygen atoms in total. The molecular formula is C14H20N4O3. The molecule has 0 aromatic heterocycles. The van der Waals surface area contributed by atoms with Gasteiger partial charge in [-0.25, -0.2) is 0 Å². The lowest BCUT2D eigenvalue weighted by Gasteiger charge is -2.33. The lowest BCUT2D eigenvalue weighted by Crippen LogP contribution is -2.47. The van der Waals surface area contributed by atoms with E-state index < -0.39 is 4.92 Å². The van der Waals surface area contributed by atoms with Gasteiger partial charge in [0, 0.05) is 19.7 Å². The van der Waals surface area contributed by atoms with Crippen molar-refractivity contribution < 1.29 is 9.72 Å². The van der Waals surface area contributed by atoms with Gasteiger partial charge in [0.2, 0.25) is 5.91 Å². The number of hydrogen-bond donors (Lipinski definition) is 2. The smallest absolute Gasteiger partial charge is 0.292 e. The number of nitro benzene ring substituents is 1. The van der Waals surface area contributed by atoms with Crippen molar-refractivity contribution in [3.05, 3.63) is 33.9 Å². The van der Waals surface area contributed by atoms with Crippen molar-refractivity contribution in [2.24, 2.45) is 5.73 Å². The highest BCUT2D eigenvalue weighted by Crippen LogP contribution is 2.27. The standard InChI is InChI=1S/C14H20N4O3/c1-16-11-6-5-10(8-13(11)18(20)21)9-17-7-3-2-4-12(17)14(15)19/h5-6,8,12,16H,2-4,7,9H2,1H3,(H2,15,19). The van der Waals surface area contributed by atoms with Crippen molar-refractivity contribution in [2.45, 2.75) is 31.8 Å². The molecule has 1 fully saturated rings. The van der Waals surface area contributed by atoms with Gasteiger partial charge in [-0.05, 0) is 31.0 Å². The van der Waals surface area contributed by atoms with Crippen molar-refractivity contribution in [1.82, 2.24) is 4.90 Å². The Morgan fingerprint density at radius 1 is 1.52 bits per heavy atom. The Morgan fingerprint density at radius 2 is 2.29 bits per heavy atom. The summed E-state index contributed by atoms with van der Waals surface area (Å²) in [6.07, 6.45) is 2.76. The number of nitrogens with two attached hydrogens (primary N) is 1. The third-order valence-electron chi connectivity index (χ3n) is 3.86. The Kier molecular flexibility index (Phi) is 4.74. The second kappa shape index (κ2) is 6.53. The third-order valence-corrected chi connectivity index (χ3v) is 3.86. The molecule has 1 aliphatic rings. The second-order valence-corrected chi connectivity index (χ2v) is 5.24. The lowest BCUT2D eigenvalue weighted by molar-refractivity contribution is -0.384. The Hall–Kier alpha value is -2.15. The first-order chi connectivity index (χ1) is 10.0. The Labute approximate surface area is 123 Å². The fraction of sp³-hybridized carbons (Fsp3) is 0.500. The molecule has 1 aliphatic heterocycles. The summed E-state index contributed by atoms with van der Waals surface area (Å²) in [5, 5.41) is 13.9. The number of nitrogens with one attached hydrogen (secondary N) is 1. The Bertz CT molecular complexity index is 547. The van der Waals surface area contributed by atoms with Crippen LogP contribution in [0.15, 0.2) is 18.2 Å². The van der Waals surface area contributed by atoms with Crippen molar-refractivity contribution in [3.8, 4) is 0 Å². The molecule has 1 atom stereocenters. The quantitative estimate of drug-likeness (QED) is 0.632. The zero-order valence-electron chi connectivity index (χ0n) is 12.0. The molecule has 2 rings (SSSR count). The molecule has 0 bridgehead atoms. The summed E-state index contributed by atoms with van der Waals surface area (Å²) in [4.78, 5) is 24.2. The van der Waals surface area contributed by atoms with Crippen molar-refractivity contribution >= 4 is 17.3 Å². The third kappa shape index (κ3) is 3.49. The minimum atomic E-state index is -0.406. The number of amides is 1. The number of primary amides is 1. The molecule has 1 heterocycles. The van der Waals surface area contributed by atoms with E-state index in [4.69, 9.17) is 5.73 Å². The van der Waals surface area contributed by atoms with Crippen LogP contribution < -0.4 is 11.1 Å². The molecule has 0 saturated carbocycles. The summed E-state index contributed by atoms with van der Waals surface area (Å²) < 4.78 is 0. The molecule has 1 aromatic carbocycles. The zero-order chi connectivity index (χ0) is 15.4. The van der Waals surface area contributed by atoms with Gasteiger partial charge in [0.25, 0.3) is 5.69 Å². The van der Waals surface area contributed by atoms with Gasteiger partial charge in [-0.1, -0.05) is 12.5 Å². The lowest BCUT2D eigenvalue weighted by atomic mass is 10.0. The average molecular weight is 292 g/mol. The fourth-order valence-corrected chi connectivity index (χ4v) is 2.77. The second-order valence-electron chi connectivity index (χ2n) is 5.24. The van der Waals surface area contributed by atoms with E-state index in [-0.39, 0.29) is 17.6 Å². The number of likely N-dealkylation sites (tertiary alicyclic amines) is 1. The average Bonchev–Trinajstić information content (AvgIpc) is 2.47. The van der Waals surface area contributed by atoms with Gasteiger partial charge in [0.1, 0.15) is 5.69 Å². The first-order valence-electron chi connectivity index (χ1n) is 7.01. The van der Waals surface area contributed by atoms with Crippen LogP contribution in [0.3, 0.4) is 0 Å². The van der Waals surface area contributed by atoms with E-state index >= 15 is 0 Å². The molecule has 7 heteroatoms. The summed E-state index contributed by atoms with van der Waals surface area (Å²) in [5.41, 5.74) is 6.77. The minimum Gasteiger partial charge on any atom is -0.383 e. The summed E-state index contributed by atoms with van der Waals surface area (Å²) in [7, 11) is 1.65. The Balaban J connectivity index is 2.20. The molecule has 0 radical (unpaired) electrons. The van der Waals surface area contributed by atoms with Crippen LogP contribution in [-0.4, -0.2) is 35.4 Å². The molecule has 1 amide bonds. The maximum Gasteiger partial charge on any atom is 0.292 e. The molecule has 21 heavy (non-hydrogen) atoms. The number of anilines is 1. The van der Waals surface area contributed by atoms with Crippen LogP contribution in [0.1, 0.15) is 24.8 Å². The predicted molar refractivity (Wildman–Crippen MR) is 79.9 cm³/mol. The van der Waals surface area contributed by atoms with Gasteiger partial charge in [0.15, 0.2) is 0 Å². The summed E-state index contributed by atoms with van der Waals surface area (Å²) >= 11 is 0. The maximum absolute atomic E-state index is 11.5. The van der Waals surface area contributed by atoms with E-state index in [2.05, 4.69) is 5.32 Å². The van der Waals surface area contributed by atoms with Gasteiger partial charge < -0.3 is 11.1 Å². The molecule has 1 unspecified atom stereocenters. The van der Waals surface area contributed by atoms with Crippen molar-refractivity contribution in [1.29, 1.82) is 0 Å². The number of hydrogen-bond acceptors (Lipinski definition) is 5. The van der Waals surface area contributed by atoms with Crippen LogP contribution >= 0.6 is 0 Å². The molecule has 0 aliphatic carbocycles. The van der Waals surface area contributed by atoms with Gasteiger partial charge >= 0.3 is 0 Å². The van der Waals surface area contributed by atoms with E-state index in [0.29, 0.717) is 12.2 Å². The number of benzene rings is 1. The van der Waals surface area contributed by atoms with Crippen LogP contribution in [0.2, 0.25) is 0 Å². The number of rotatable bonds is 5. The van der Waals surface area contributed by atoms with E-state index in [0.717, 1.165) is 31.4 Å². The highest BCUT2D eigenvalue weighted by molar-refractivity contribution is 5.79. The normalized spacial score (nSPS) is 19.2. The molecular weight excluding hydrogens is 272 g/mol. The first-order valence-corrected chi connectivity index (χ1v) is 7.01. The van der Waals surface area contributed by atoms with E-state index in [1.165, 1.54) is 0 Å². The van der Waals surface area contributed by atoms with Crippen LogP contribution in [-0.2, 0) is 11.3 Å². The van der Waals surface area contributed by atoms with E-state index in [9.17, 15) is 14.9 Å². The highest BCUT2D eigenvalue weighted by Gasteiger charge is 2.27.